The van der Waals surface area contributed by atoms with Gasteiger partial charge in [0.1, 0.15) is 6.61 Å². The van der Waals surface area contributed by atoms with E-state index in [1.807, 2.05) is 24.3 Å². The van der Waals surface area contributed by atoms with Crippen LogP contribution in [-0.4, -0.2) is 43.6 Å². The van der Waals surface area contributed by atoms with E-state index in [1.165, 1.54) is 0 Å². The van der Waals surface area contributed by atoms with E-state index < -0.39 is 0 Å². The number of hydrogen-bond donors (Lipinski definition) is 1. The number of hydrogen-bond acceptors (Lipinski definition) is 4. The number of halogens is 1. The van der Waals surface area contributed by atoms with Gasteiger partial charge in [0.2, 0.25) is 0 Å². The van der Waals surface area contributed by atoms with Gasteiger partial charge in [-0.3, -0.25) is 9.69 Å². The normalized spacial score (nSPS) is 16.5. The van der Waals surface area contributed by atoms with Crippen LogP contribution in [0, 0.1) is 0 Å². The first-order valence-corrected chi connectivity index (χ1v) is 6.86. The molecule has 1 aromatic carbocycles. The van der Waals surface area contributed by atoms with Gasteiger partial charge in [0, 0.05) is 30.7 Å². The second-order valence-corrected chi connectivity index (χ2v) is 5.23. The van der Waals surface area contributed by atoms with Crippen molar-refractivity contribution in [2.45, 2.75) is 6.61 Å². The highest BCUT2D eigenvalue weighted by Crippen LogP contribution is 2.12. The Morgan fingerprint density at radius 3 is 2.89 bits per heavy atom. The van der Waals surface area contributed by atoms with Gasteiger partial charge in [0.05, 0.1) is 6.54 Å². The van der Waals surface area contributed by atoms with Crippen LogP contribution in [0.5, 0.6) is 0 Å². The van der Waals surface area contributed by atoms with Crippen LogP contribution in [0.15, 0.2) is 28.7 Å². The maximum atomic E-state index is 11.7. The zero-order valence-corrected chi connectivity index (χ0v) is 11.8. The predicted molar refractivity (Wildman–Crippen MR) is 73.2 cm³/mol. The summed E-state index contributed by atoms with van der Waals surface area (Å²) in [5, 5.41) is 3.25. The predicted octanol–water partition coefficient (Wildman–Crippen LogP) is 1.40. The van der Waals surface area contributed by atoms with Gasteiger partial charge in [-0.2, -0.15) is 0 Å². The molecule has 1 heterocycles. The molecule has 0 aromatic heterocycles. The molecule has 2 rings (SSSR count). The summed E-state index contributed by atoms with van der Waals surface area (Å²) in [5.74, 6) is -0.156. The highest BCUT2D eigenvalue weighted by Gasteiger charge is 2.14. The standard InChI is InChI=1S/C13H17BrN2O2/c14-12-3-1-2-11(8-12)10-18-13(17)9-16-6-4-15-5-7-16/h1-3,8,15H,4-7,9-10H2. The monoisotopic (exact) mass is 312 g/mol. The summed E-state index contributed by atoms with van der Waals surface area (Å²) in [6.45, 7) is 4.43. The number of nitrogens with one attached hydrogen (secondary N) is 1. The molecule has 0 aliphatic carbocycles. The first kappa shape index (κ1) is 13.5. The first-order valence-electron chi connectivity index (χ1n) is 6.07. The number of carbonyl (C=O) groups is 1. The third kappa shape index (κ3) is 4.40. The number of ether oxygens (including phenoxy) is 1. The number of carbonyl (C=O) groups excluding carboxylic acids is 1. The van der Waals surface area contributed by atoms with Crippen molar-refractivity contribution < 1.29 is 9.53 Å². The van der Waals surface area contributed by atoms with Gasteiger partial charge in [0.15, 0.2) is 0 Å². The van der Waals surface area contributed by atoms with Crippen molar-refractivity contribution in [3.05, 3.63) is 34.3 Å². The summed E-state index contributed by atoms with van der Waals surface area (Å²) < 4.78 is 6.26. The summed E-state index contributed by atoms with van der Waals surface area (Å²) in [4.78, 5) is 13.8. The van der Waals surface area contributed by atoms with Gasteiger partial charge in [-0.25, -0.2) is 0 Å². The fourth-order valence-electron chi connectivity index (χ4n) is 1.89. The average Bonchev–Trinajstić information content (AvgIpc) is 2.38. The summed E-state index contributed by atoms with van der Waals surface area (Å²) in [6.07, 6.45) is 0. The van der Waals surface area contributed by atoms with Crippen LogP contribution in [0.4, 0.5) is 0 Å². The lowest BCUT2D eigenvalue weighted by molar-refractivity contribution is -0.146. The van der Waals surface area contributed by atoms with Crippen LogP contribution in [-0.2, 0) is 16.1 Å². The minimum absolute atomic E-state index is 0.156. The Bertz CT molecular complexity index is 406. The molecule has 1 aliphatic rings. The zero-order chi connectivity index (χ0) is 12.8. The molecule has 0 unspecified atom stereocenters. The second-order valence-electron chi connectivity index (χ2n) is 4.32. The molecular weight excluding hydrogens is 296 g/mol. The van der Waals surface area contributed by atoms with Gasteiger partial charge in [0.25, 0.3) is 0 Å². The first-order chi connectivity index (χ1) is 8.74. The lowest BCUT2D eigenvalue weighted by atomic mass is 10.2. The molecule has 0 saturated carbocycles. The molecule has 0 radical (unpaired) electrons. The molecule has 1 N–H and O–H groups in total. The van der Waals surface area contributed by atoms with Crippen LogP contribution in [0.2, 0.25) is 0 Å². The number of esters is 1. The molecule has 1 aromatic rings. The highest BCUT2D eigenvalue weighted by atomic mass is 79.9. The maximum Gasteiger partial charge on any atom is 0.320 e. The molecule has 0 spiro atoms. The van der Waals surface area contributed by atoms with Crippen molar-refractivity contribution in [3.63, 3.8) is 0 Å². The fourth-order valence-corrected chi connectivity index (χ4v) is 2.33. The minimum atomic E-state index is -0.156. The summed E-state index contributed by atoms with van der Waals surface area (Å²) in [5.41, 5.74) is 0.998. The Balaban J connectivity index is 1.74. The number of piperazine rings is 1. The van der Waals surface area contributed by atoms with Gasteiger partial charge >= 0.3 is 5.97 Å². The molecule has 0 bridgehead atoms. The summed E-state index contributed by atoms with van der Waals surface area (Å²) >= 11 is 3.39. The van der Waals surface area contributed by atoms with Crippen molar-refractivity contribution in [1.82, 2.24) is 10.2 Å². The SMILES string of the molecule is O=C(CN1CCNCC1)OCc1cccc(Br)c1. The van der Waals surface area contributed by atoms with Gasteiger partial charge in [-0.05, 0) is 17.7 Å². The van der Waals surface area contributed by atoms with Crippen LogP contribution < -0.4 is 5.32 Å². The van der Waals surface area contributed by atoms with Gasteiger partial charge in [-0.15, -0.1) is 0 Å². The Labute approximate surface area is 115 Å². The van der Waals surface area contributed by atoms with E-state index in [0.717, 1.165) is 36.2 Å². The lowest BCUT2D eigenvalue weighted by Crippen LogP contribution is -2.45. The van der Waals surface area contributed by atoms with E-state index in [1.54, 1.807) is 0 Å². The third-order valence-corrected chi connectivity index (χ3v) is 3.34. The second kappa shape index (κ2) is 6.87. The summed E-state index contributed by atoms with van der Waals surface area (Å²) in [7, 11) is 0. The molecule has 1 aliphatic heterocycles. The molecule has 1 saturated heterocycles. The highest BCUT2D eigenvalue weighted by molar-refractivity contribution is 9.10. The van der Waals surface area contributed by atoms with Crippen LogP contribution in [0.25, 0.3) is 0 Å². The van der Waals surface area contributed by atoms with Crippen molar-refractivity contribution >= 4 is 21.9 Å². The van der Waals surface area contributed by atoms with E-state index in [4.69, 9.17) is 4.74 Å². The molecule has 18 heavy (non-hydrogen) atoms. The maximum absolute atomic E-state index is 11.7. The largest absolute Gasteiger partial charge is 0.460 e. The van der Waals surface area contributed by atoms with Crippen LogP contribution in [0.3, 0.4) is 0 Å². The molecule has 0 amide bonds. The number of benzene rings is 1. The topological polar surface area (TPSA) is 41.6 Å². The molecule has 4 nitrogen and oxygen atoms in total. The van der Waals surface area contributed by atoms with E-state index in [2.05, 4.69) is 26.1 Å². The van der Waals surface area contributed by atoms with E-state index in [0.29, 0.717) is 13.2 Å². The zero-order valence-electron chi connectivity index (χ0n) is 10.2. The van der Waals surface area contributed by atoms with Gasteiger partial charge < -0.3 is 10.1 Å². The minimum Gasteiger partial charge on any atom is -0.460 e. The van der Waals surface area contributed by atoms with Crippen LogP contribution >= 0.6 is 15.9 Å². The van der Waals surface area contributed by atoms with Crippen LogP contribution in [0.1, 0.15) is 5.56 Å². The Kier molecular flexibility index (Phi) is 5.16. The van der Waals surface area contributed by atoms with Crippen molar-refractivity contribution in [1.29, 1.82) is 0 Å². The van der Waals surface area contributed by atoms with Gasteiger partial charge in [-0.1, -0.05) is 28.1 Å². The quantitative estimate of drug-likeness (QED) is 0.853. The summed E-state index contributed by atoms with van der Waals surface area (Å²) in [6, 6.07) is 7.79. The lowest BCUT2D eigenvalue weighted by Gasteiger charge is -2.25. The average molecular weight is 313 g/mol. The smallest absolute Gasteiger partial charge is 0.320 e. The van der Waals surface area contributed by atoms with Crippen molar-refractivity contribution in [3.8, 4) is 0 Å². The Morgan fingerprint density at radius 1 is 1.39 bits per heavy atom. The number of rotatable bonds is 4. The molecule has 5 heteroatoms. The van der Waals surface area contributed by atoms with E-state index in [-0.39, 0.29) is 5.97 Å². The van der Waals surface area contributed by atoms with E-state index in [9.17, 15) is 4.79 Å². The molecule has 0 atom stereocenters. The molecule has 98 valence electrons. The Hall–Kier alpha value is -0.910. The van der Waals surface area contributed by atoms with Crippen molar-refractivity contribution in [2.75, 3.05) is 32.7 Å². The third-order valence-electron chi connectivity index (χ3n) is 2.85. The number of nitrogens with zero attached hydrogens (tertiary/aromatic N) is 1. The Morgan fingerprint density at radius 2 is 2.17 bits per heavy atom. The molecular formula is C13H17BrN2O2. The van der Waals surface area contributed by atoms with Crippen molar-refractivity contribution in [2.24, 2.45) is 0 Å². The van der Waals surface area contributed by atoms with E-state index >= 15 is 0 Å². The molecule has 1 fully saturated rings. The fraction of sp³-hybridized carbons (Fsp3) is 0.462.